The van der Waals surface area contributed by atoms with E-state index in [-0.39, 0.29) is 17.9 Å². The van der Waals surface area contributed by atoms with Crippen LogP contribution in [0.3, 0.4) is 0 Å². The highest BCUT2D eigenvalue weighted by Crippen LogP contribution is 2.58. The van der Waals surface area contributed by atoms with Gasteiger partial charge in [0.05, 0.1) is 5.54 Å². The molecule has 3 fully saturated rings. The van der Waals surface area contributed by atoms with Gasteiger partial charge in [0.1, 0.15) is 6.04 Å². The molecule has 2 heterocycles. The van der Waals surface area contributed by atoms with Crippen LogP contribution in [-0.4, -0.2) is 28.7 Å². The van der Waals surface area contributed by atoms with E-state index in [9.17, 15) is 4.79 Å². The number of carbonyl (C=O) groups is 1. The highest BCUT2D eigenvalue weighted by molar-refractivity contribution is 6.30. The summed E-state index contributed by atoms with van der Waals surface area (Å²) in [6, 6.07) is 15.1. The average Bonchev–Trinajstić information content (AvgIpc) is 3.17. The molecule has 1 saturated carbocycles. The van der Waals surface area contributed by atoms with Crippen molar-refractivity contribution in [3.63, 3.8) is 0 Å². The number of carbonyl (C=O) groups excluding carboxylic acids is 1. The minimum Gasteiger partial charge on any atom is -0.443 e. The van der Waals surface area contributed by atoms with Gasteiger partial charge in [0.2, 0.25) is 0 Å². The van der Waals surface area contributed by atoms with Gasteiger partial charge in [-0.3, -0.25) is 4.79 Å². The number of esters is 1. The van der Waals surface area contributed by atoms with Gasteiger partial charge < -0.3 is 10.5 Å². The summed E-state index contributed by atoms with van der Waals surface area (Å²) in [7, 11) is 0. The highest BCUT2D eigenvalue weighted by atomic mass is 35.5. The molecule has 2 aromatic rings. The topological polar surface area (TPSA) is 55.6 Å². The molecule has 2 N–H and O–H groups in total. The standard InChI is InChI=1S/C26H30Cl2N2O2/c1-25(2)30-22(24(31)32-25)21(17-9-6-10-20(28)15-17)26(29,18-11-13-19(27)14-12-18)23(30)16-7-4-3-5-8-16/h6,9-16,21-23H,3-5,7-8,29H2,1-2H3/t21-,22+,23-,26-/m0/s1. The maximum Gasteiger partial charge on any atom is 0.325 e. The lowest BCUT2D eigenvalue weighted by Gasteiger charge is -2.46. The second-order valence-electron chi connectivity index (χ2n) is 10.0. The van der Waals surface area contributed by atoms with Crippen LogP contribution in [0.15, 0.2) is 48.5 Å². The molecule has 2 aliphatic heterocycles. The molecule has 3 aliphatic rings. The number of hydrogen-bond donors (Lipinski definition) is 1. The summed E-state index contributed by atoms with van der Waals surface area (Å²) in [4.78, 5) is 15.7. The fourth-order valence-electron chi connectivity index (χ4n) is 6.60. The van der Waals surface area contributed by atoms with Gasteiger partial charge in [0, 0.05) is 22.0 Å². The van der Waals surface area contributed by atoms with Gasteiger partial charge in [-0.1, -0.05) is 66.7 Å². The number of nitrogens with zero attached hydrogens (tertiary/aromatic N) is 1. The largest absolute Gasteiger partial charge is 0.443 e. The Morgan fingerprint density at radius 1 is 1.00 bits per heavy atom. The van der Waals surface area contributed by atoms with Crippen LogP contribution >= 0.6 is 23.2 Å². The predicted octanol–water partition coefficient (Wildman–Crippen LogP) is 5.86. The Morgan fingerprint density at radius 3 is 2.34 bits per heavy atom. The second kappa shape index (κ2) is 8.02. The number of nitrogens with two attached hydrogens (primary N) is 1. The van der Waals surface area contributed by atoms with Crippen LogP contribution in [0.25, 0.3) is 0 Å². The molecule has 4 nitrogen and oxygen atoms in total. The molecule has 4 atom stereocenters. The Labute approximate surface area is 200 Å². The number of rotatable bonds is 3. The van der Waals surface area contributed by atoms with Crippen LogP contribution in [0.2, 0.25) is 10.0 Å². The predicted molar refractivity (Wildman–Crippen MR) is 128 cm³/mol. The Balaban J connectivity index is 1.76. The Bertz CT molecular complexity index is 1020. The minimum absolute atomic E-state index is 0.0422. The van der Waals surface area contributed by atoms with E-state index < -0.39 is 17.3 Å². The van der Waals surface area contributed by atoms with Crippen LogP contribution in [-0.2, 0) is 15.1 Å². The van der Waals surface area contributed by atoms with Gasteiger partial charge in [-0.15, -0.1) is 0 Å². The molecule has 6 heteroatoms. The van der Waals surface area contributed by atoms with Gasteiger partial charge >= 0.3 is 5.97 Å². The zero-order valence-electron chi connectivity index (χ0n) is 18.6. The van der Waals surface area contributed by atoms with E-state index in [0.29, 0.717) is 16.0 Å². The average molecular weight is 473 g/mol. The number of hydrogen-bond acceptors (Lipinski definition) is 4. The third-order valence-corrected chi connectivity index (χ3v) is 8.27. The molecule has 2 saturated heterocycles. The normalized spacial score (nSPS) is 32.7. The third kappa shape index (κ3) is 3.38. The minimum atomic E-state index is -0.793. The zero-order valence-corrected chi connectivity index (χ0v) is 20.1. The maximum atomic E-state index is 13.4. The summed E-state index contributed by atoms with van der Waals surface area (Å²) in [5, 5.41) is 1.31. The Hall–Kier alpha value is -1.59. The molecule has 0 unspecified atom stereocenters. The first-order valence-electron chi connectivity index (χ1n) is 11.5. The van der Waals surface area contributed by atoms with Crippen molar-refractivity contribution in [1.29, 1.82) is 0 Å². The molecule has 1 aliphatic carbocycles. The van der Waals surface area contributed by atoms with E-state index in [1.807, 2.05) is 62.4 Å². The van der Waals surface area contributed by atoms with Crippen molar-refractivity contribution in [3.8, 4) is 0 Å². The van der Waals surface area contributed by atoms with Crippen molar-refractivity contribution in [2.24, 2.45) is 11.7 Å². The monoisotopic (exact) mass is 472 g/mol. The smallest absolute Gasteiger partial charge is 0.325 e. The summed E-state index contributed by atoms with van der Waals surface area (Å²) in [6.07, 6.45) is 5.84. The molecule has 170 valence electrons. The van der Waals surface area contributed by atoms with Crippen LogP contribution in [0.5, 0.6) is 0 Å². The summed E-state index contributed by atoms with van der Waals surface area (Å²) < 4.78 is 5.94. The van der Waals surface area contributed by atoms with Crippen LogP contribution < -0.4 is 5.73 Å². The van der Waals surface area contributed by atoms with Crippen molar-refractivity contribution in [2.75, 3.05) is 0 Å². The van der Waals surface area contributed by atoms with E-state index in [0.717, 1.165) is 24.0 Å². The fourth-order valence-corrected chi connectivity index (χ4v) is 6.93. The number of benzene rings is 2. The van der Waals surface area contributed by atoms with Crippen molar-refractivity contribution in [2.45, 2.75) is 75.2 Å². The molecule has 0 spiro atoms. The van der Waals surface area contributed by atoms with E-state index in [1.54, 1.807) is 0 Å². The number of fused-ring (bicyclic) bond motifs is 1. The molecule has 2 aromatic carbocycles. The number of halogens is 2. The lowest BCUT2D eigenvalue weighted by atomic mass is 9.66. The molecule has 0 amide bonds. The van der Waals surface area contributed by atoms with Crippen molar-refractivity contribution < 1.29 is 9.53 Å². The zero-order chi connectivity index (χ0) is 22.7. The maximum absolute atomic E-state index is 13.4. The molecule has 0 bridgehead atoms. The van der Waals surface area contributed by atoms with E-state index in [4.69, 9.17) is 33.7 Å². The van der Waals surface area contributed by atoms with Crippen LogP contribution in [0.1, 0.15) is 63.0 Å². The van der Waals surface area contributed by atoms with E-state index in [2.05, 4.69) is 4.90 Å². The first-order chi connectivity index (χ1) is 15.2. The first-order valence-corrected chi connectivity index (χ1v) is 12.3. The number of ether oxygens (including phenoxy) is 1. The van der Waals surface area contributed by atoms with E-state index >= 15 is 0 Å². The quantitative estimate of drug-likeness (QED) is 0.568. The van der Waals surface area contributed by atoms with E-state index in [1.165, 1.54) is 19.3 Å². The molecule has 0 radical (unpaired) electrons. The van der Waals surface area contributed by atoms with Crippen molar-refractivity contribution >= 4 is 29.2 Å². The van der Waals surface area contributed by atoms with Gasteiger partial charge in [-0.2, -0.15) is 0 Å². The first kappa shape index (κ1) is 22.2. The number of cyclic esters (lactones) is 1. The SMILES string of the molecule is CC1(C)OC(=O)[C@H]2[C@H](c3cccc(Cl)c3)[C@@](N)(c3ccc(Cl)cc3)[C@H](C3CCCCC3)N21. The van der Waals surface area contributed by atoms with Crippen LogP contribution in [0, 0.1) is 5.92 Å². The van der Waals surface area contributed by atoms with Gasteiger partial charge in [0.25, 0.3) is 0 Å². The van der Waals surface area contributed by atoms with Crippen molar-refractivity contribution in [3.05, 3.63) is 69.7 Å². The molecule has 5 rings (SSSR count). The molecule has 32 heavy (non-hydrogen) atoms. The third-order valence-electron chi connectivity index (χ3n) is 7.78. The van der Waals surface area contributed by atoms with Gasteiger partial charge in [-0.05, 0) is 68.0 Å². The summed E-state index contributed by atoms with van der Waals surface area (Å²) in [5.41, 5.74) is 8.02. The van der Waals surface area contributed by atoms with Gasteiger partial charge in [0.15, 0.2) is 5.72 Å². The van der Waals surface area contributed by atoms with Crippen LogP contribution in [0.4, 0.5) is 0 Å². The summed E-state index contributed by atoms with van der Waals surface area (Å²) in [6.45, 7) is 3.98. The lowest BCUT2D eigenvalue weighted by molar-refractivity contribution is -0.153. The fraction of sp³-hybridized carbons (Fsp3) is 0.500. The summed E-state index contributed by atoms with van der Waals surface area (Å²) in [5.74, 6) is -0.115. The Kier molecular flexibility index (Phi) is 5.57. The Morgan fingerprint density at radius 2 is 1.69 bits per heavy atom. The second-order valence-corrected chi connectivity index (χ2v) is 10.9. The molecule has 0 aromatic heterocycles. The molecular weight excluding hydrogens is 443 g/mol. The van der Waals surface area contributed by atoms with Crippen molar-refractivity contribution in [1.82, 2.24) is 4.90 Å². The molecular formula is C26H30Cl2N2O2. The summed E-state index contributed by atoms with van der Waals surface area (Å²) >= 11 is 12.7. The van der Waals surface area contributed by atoms with Gasteiger partial charge in [-0.25, -0.2) is 4.90 Å². The lowest BCUT2D eigenvalue weighted by Crippen LogP contribution is -2.58. The highest BCUT2D eigenvalue weighted by Gasteiger charge is 2.69.